The Balaban J connectivity index is 0.000000228. The van der Waals surface area contributed by atoms with E-state index >= 15 is 0 Å². The van der Waals surface area contributed by atoms with Gasteiger partial charge in [0.1, 0.15) is 28.8 Å². The Morgan fingerprint density at radius 1 is 0.812 bits per heavy atom. The maximum atomic E-state index is 10.5. The Morgan fingerprint density at radius 3 is 1.98 bits per heavy atom. The molecule has 0 saturated carbocycles. The number of thiazole rings is 2. The summed E-state index contributed by atoms with van der Waals surface area (Å²) in [6.07, 6.45) is 10.3. The smallest absolute Gasteiger partial charge is 0.277 e. The summed E-state index contributed by atoms with van der Waals surface area (Å²) < 4.78 is 11.4. The van der Waals surface area contributed by atoms with Crippen LogP contribution < -0.4 is 5.32 Å². The number of aromatic nitrogens is 3. The lowest BCUT2D eigenvalue weighted by Gasteiger charge is -2.34. The van der Waals surface area contributed by atoms with Crippen molar-refractivity contribution < 1.29 is 29.6 Å². The molecule has 3 fully saturated rings. The van der Waals surface area contributed by atoms with Gasteiger partial charge in [0, 0.05) is 68.2 Å². The summed E-state index contributed by atoms with van der Waals surface area (Å²) in [6, 6.07) is 3.52. The van der Waals surface area contributed by atoms with Gasteiger partial charge >= 0.3 is 0 Å². The van der Waals surface area contributed by atoms with E-state index in [1.54, 1.807) is 46.4 Å². The van der Waals surface area contributed by atoms with E-state index in [1.165, 1.54) is 22.7 Å². The maximum absolute atomic E-state index is 10.5. The lowest BCUT2D eigenvalue weighted by atomic mass is 10.00. The molecule has 0 bridgehead atoms. The first-order valence-corrected chi connectivity index (χ1v) is 22.1. The molecule has 3 aromatic rings. The van der Waals surface area contributed by atoms with Gasteiger partial charge in [0.2, 0.25) is 0 Å². The number of ether oxygens (including phenoxy) is 2. The predicted molar refractivity (Wildman–Crippen MR) is 241 cm³/mol. The first-order chi connectivity index (χ1) is 30.5. The molecule has 30 heteroatoms. The van der Waals surface area contributed by atoms with Crippen LogP contribution in [-0.2, 0) is 29.0 Å². The zero-order valence-corrected chi connectivity index (χ0v) is 38.8. The predicted octanol–water partition coefficient (Wildman–Crippen LogP) is 6.33. The van der Waals surface area contributed by atoms with Crippen LogP contribution in [-0.4, -0.2) is 120 Å². The number of aryl methyl sites for hydroxylation is 1. The number of hydrazone groups is 4. The number of pyridine rings is 1. The quantitative estimate of drug-likeness (QED) is 0.0709. The molecule has 0 amide bonds. The van der Waals surface area contributed by atoms with Crippen LogP contribution in [0.2, 0.25) is 14.1 Å². The van der Waals surface area contributed by atoms with Crippen LogP contribution in [0.15, 0.2) is 51.1 Å². The highest BCUT2D eigenvalue weighted by molar-refractivity contribution is 7.16. The fourth-order valence-corrected chi connectivity index (χ4v) is 7.85. The molecular weight excluding hydrogens is 949 g/mol. The molecule has 0 aliphatic carbocycles. The molecule has 6 heterocycles. The van der Waals surface area contributed by atoms with E-state index in [4.69, 9.17) is 44.3 Å². The fraction of sp³-hybridized carbons (Fsp3) is 0.559. The molecule has 1 N–H and O–H groups in total. The minimum Gasteiger partial charge on any atom is -0.381 e. The number of nitro groups is 4. The Morgan fingerprint density at radius 2 is 1.45 bits per heavy atom. The molecule has 64 heavy (non-hydrogen) atoms. The second kappa shape index (κ2) is 28.5. The summed E-state index contributed by atoms with van der Waals surface area (Å²) in [5.41, 5.74) is 2.19. The second-order valence-corrected chi connectivity index (χ2v) is 17.2. The van der Waals surface area contributed by atoms with Crippen LogP contribution in [0, 0.1) is 46.4 Å². The van der Waals surface area contributed by atoms with Crippen molar-refractivity contribution in [2.45, 2.75) is 71.9 Å². The minimum atomic E-state index is -0.718. The third kappa shape index (κ3) is 20.9. The molecule has 6 rings (SSSR count). The summed E-state index contributed by atoms with van der Waals surface area (Å²) in [6.45, 7) is 8.15. The topological polar surface area (TPSA) is 301 Å². The van der Waals surface area contributed by atoms with Gasteiger partial charge in [-0.1, -0.05) is 54.7 Å². The van der Waals surface area contributed by atoms with Gasteiger partial charge in [0.05, 0.1) is 28.2 Å². The molecule has 1 unspecified atom stereocenters. The number of nitrogens with one attached hydrogen (secondary N) is 1. The van der Waals surface area contributed by atoms with Crippen LogP contribution in [0.4, 0.5) is 0 Å². The van der Waals surface area contributed by atoms with E-state index in [-0.39, 0.29) is 25.4 Å². The van der Waals surface area contributed by atoms with Crippen molar-refractivity contribution >= 4 is 80.8 Å². The summed E-state index contributed by atoms with van der Waals surface area (Å²) in [5, 5.41) is 55.1. The number of nitrogens with zero attached hydrogens (tertiary/aromatic N) is 14. The van der Waals surface area contributed by atoms with Crippen molar-refractivity contribution in [3.05, 3.63) is 101 Å². The van der Waals surface area contributed by atoms with E-state index in [2.05, 4.69) is 40.7 Å². The number of guanidine groups is 2. The average Bonchev–Trinajstić information content (AvgIpc) is 4.08. The molecule has 3 saturated heterocycles. The first kappa shape index (κ1) is 53.0. The molecular formula is C34H46Cl3N15O10S2. The van der Waals surface area contributed by atoms with Crippen LogP contribution in [0.3, 0.4) is 0 Å². The Labute approximate surface area is 389 Å². The Hall–Kier alpha value is -5.32. The summed E-state index contributed by atoms with van der Waals surface area (Å²) in [4.78, 5) is 59.8. The summed E-state index contributed by atoms with van der Waals surface area (Å²) >= 11 is 19.8. The van der Waals surface area contributed by atoms with E-state index in [9.17, 15) is 40.5 Å². The Bertz CT molecular complexity index is 2100. The number of hydrogen-bond acceptors (Lipinski definition) is 15. The van der Waals surface area contributed by atoms with Crippen LogP contribution >= 0.6 is 57.5 Å². The van der Waals surface area contributed by atoms with Gasteiger partial charge in [0.15, 0.2) is 29.1 Å². The number of rotatable bonds is 16. The fourth-order valence-electron chi connectivity index (χ4n) is 5.76. The van der Waals surface area contributed by atoms with E-state index in [0.717, 1.165) is 47.8 Å². The van der Waals surface area contributed by atoms with Crippen molar-refractivity contribution in [1.29, 1.82) is 0 Å². The zero-order chi connectivity index (χ0) is 47.0. The highest BCUT2D eigenvalue weighted by atomic mass is 35.5. The third-order valence-electron chi connectivity index (χ3n) is 8.82. The van der Waals surface area contributed by atoms with Crippen LogP contribution in [0.5, 0.6) is 0 Å². The standard InChI is InChI=1S/C9H10ClN5O2.C9H16N2O3.C8H10ClN5O3S.C8H10ClN3O2S/c10-8-2-1-7(5-12-8)6-14-4-3-11-9(14)13-15(16)17;1-2-9(10-11(12)13)4-3-8-5-6-14-7-8;1-12-4-17-5-13(8(12)11-14(15)16)3-6-2-10-7(9)18-6;1-2-6(11-12(13)14)3-4-7-5-10-8(9)15-7/h1-2,5H,3-4,6H2,(H,11,13);8H,2-7H2,1H3;2H,3-5H2,1H3;5H,2-4H2,1H3/b;10-9-;11-8-;11-6-. The van der Waals surface area contributed by atoms with Gasteiger partial charge in [-0.3, -0.25) is 0 Å². The van der Waals surface area contributed by atoms with Crippen LogP contribution in [0.1, 0.15) is 67.7 Å². The van der Waals surface area contributed by atoms with Crippen molar-refractivity contribution in [1.82, 2.24) is 35.0 Å². The monoisotopic (exact) mass is 993 g/mol. The lowest BCUT2D eigenvalue weighted by molar-refractivity contribution is -0.486. The van der Waals surface area contributed by atoms with Gasteiger partial charge in [-0.25, -0.2) is 55.4 Å². The van der Waals surface area contributed by atoms with Gasteiger partial charge in [-0.15, -0.1) is 22.7 Å². The molecule has 0 radical (unpaired) electrons. The molecule has 3 aromatic heterocycles. The van der Waals surface area contributed by atoms with Gasteiger partial charge in [-0.05, 0) is 62.5 Å². The van der Waals surface area contributed by atoms with Gasteiger partial charge in [0.25, 0.3) is 11.9 Å². The van der Waals surface area contributed by atoms with Gasteiger partial charge < -0.3 is 29.5 Å². The summed E-state index contributed by atoms with van der Waals surface area (Å²) in [7, 11) is 1.67. The SMILES string of the molecule is CC/C(CCC1CCOC1)=N/[N+](=O)[O-].CC/C(CCc1cnc(Cl)s1)=N/[N+](=O)[O-].CN1COCN(Cc2cnc(Cl)s2)/C1=N\[N+](=O)[O-].O=[N+]([O-])/N=C1/NCCN1Cc1ccc(Cl)nc1. The first-order valence-electron chi connectivity index (χ1n) is 19.3. The molecule has 1 atom stereocenters. The molecule has 0 spiro atoms. The Kier molecular flexibility index (Phi) is 23.6. The molecule has 3 aliphatic heterocycles. The molecule has 350 valence electrons. The van der Waals surface area contributed by atoms with Crippen molar-refractivity contribution in [3.63, 3.8) is 0 Å². The van der Waals surface area contributed by atoms with E-state index < -0.39 is 20.1 Å². The highest BCUT2D eigenvalue weighted by Gasteiger charge is 2.26. The van der Waals surface area contributed by atoms with Crippen molar-refractivity contribution in [2.24, 2.45) is 26.3 Å². The lowest BCUT2D eigenvalue weighted by Crippen LogP contribution is -2.49. The van der Waals surface area contributed by atoms with Gasteiger partial charge in [-0.2, -0.15) is 0 Å². The second-order valence-electron chi connectivity index (χ2n) is 13.4. The van der Waals surface area contributed by atoms with Crippen molar-refractivity contribution in [3.8, 4) is 0 Å². The number of hydrogen-bond donors (Lipinski definition) is 1. The van der Waals surface area contributed by atoms with Crippen molar-refractivity contribution in [2.75, 3.05) is 46.8 Å². The average molecular weight is 995 g/mol. The van der Waals surface area contributed by atoms with E-state index in [0.29, 0.717) is 83.3 Å². The highest BCUT2D eigenvalue weighted by Crippen LogP contribution is 2.22. The zero-order valence-electron chi connectivity index (χ0n) is 34.9. The third-order valence-corrected chi connectivity index (χ3v) is 11.3. The largest absolute Gasteiger partial charge is 0.381 e. The normalized spacial score (nSPS) is 17.5. The minimum absolute atomic E-state index is 0.243. The summed E-state index contributed by atoms with van der Waals surface area (Å²) in [5.74, 6) is 1.11. The molecule has 0 aromatic carbocycles. The molecule has 3 aliphatic rings. The van der Waals surface area contributed by atoms with E-state index in [1.807, 2.05) is 19.9 Å². The van der Waals surface area contributed by atoms with Crippen LogP contribution in [0.25, 0.3) is 0 Å². The molecule has 25 nitrogen and oxygen atoms in total. The maximum Gasteiger partial charge on any atom is 0.277 e. The number of halogens is 3.